The fraction of sp³-hybridized carbons (Fsp3) is 0.391. The third kappa shape index (κ3) is 5.37. The number of carbonyl (C=O) groups is 2. The third-order valence-corrected chi connectivity index (χ3v) is 5.85. The van der Waals surface area contributed by atoms with Gasteiger partial charge in [0.25, 0.3) is 5.91 Å². The third-order valence-electron chi connectivity index (χ3n) is 5.85. The zero-order valence-electron chi connectivity index (χ0n) is 16.6. The number of carbonyl (C=O) groups excluding carboxylic acids is 2. The van der Waals surface area contributed by atoms with Gasteiger partial charge in [-0.15, -0.1) is 12.4 Å². The van der Waals surface area contributed by atoms with Crippen molar-refractivity contribution < 1.29 is 9.59 Å². The topological polar surface area (TPSA) is 70.2 Å². The van der Waals surface area contributed by atoms with Crippen molar-refractivity contribution in [1.82, 2.24) is 5.32 Å². The summed E-state index contributed by atoms with van der Waals surface area (Å²) in [4.78, 5) is 25.1. The van der Waals surface area contributed by atoms with Crippen LogP contribution in [0.5, 0.6) is 0 Å². The minimum atomic E-state index is -0.184. The molecule has 4 rings (SSSR count). The maximum absolute atomic E-state index is 12.6. The van der Waals surface area contributed by atoms with Crippen LogP contribution in [-0.4, -0.2) is 23.9 Å². The molecule has 2 bridgehead atoms. The van der Waals surface area contributed by atoms with E-state index in [9.17, 15) is 9.59 Å². The monoisotopic (exact) mass is 413 g/mol. The predicted octanol–water partition coefficient (Wildman–Crippen LogP) is 4.53. The van der Waals surface area contributed by atoms with Crippen LogP contribution in [0, 0.1) is 12.8 Å². The van der Waals surface area contributed by atoms with Crippen LogP contribution >= 0.6 is 12.4 Å². The van der Waals surface area contributed by atoms with E-state index in [0.29, 0.717) is 35.7 Å². The van der Waals surface area contributed by atoms with Gasteiger partial charge in [0.05, 0.1) is 0 Å². The van der Waals surface area contributed by atoms with Crippen molar-refractivity contribution >= 4 is 35.6 Å². The molecule has 2 unspecified atom stereocenters. The van der Waals surface area contributed by atoms with Gasteiger partial charge in [0.2, 0.25) is 5.91 Å². The minimum Gasteiger partial charge on any atom is -0.326 e. The largest absolute Gasteiger partial charge is 0.326 e. The Morgan fingerprint density at radius 1 is 1.00 bits per heavy atom. The zero-order chi connectivity index (χ0) is 19.5. The molecule has 0 aliphatic carbocycles. The van der Waals surface area contributed by atoms with Crippen molar-refractivity contribution in [3.05, 3.63) is 59.7 Å². The molecule has 2 atom stereocenters. The number of rotatable bonds is 5. The minimum absolute atomic E-state index is 0. The molecule has 2 fully saturated rings. The molecule has 2 saturated heterocycles. The van der Waals surface area contributed by atoms with Gasteiger partial charge >= 0.3 is 0 Å². The summed E-state index contributed by atoms with van der Waals surface area (Å²) in [5.41, 5.74) is 2.95. The summed E-state index contributed by atoms with van der Waals surface area (Å²) >= 11 is 0. The van der Waals surface area contributed by atoms with E-state index < -0.39 is 0 Å². The number of benzene rings is 2. The molecule has 5 nitrogen and oxygen atoms in total. The van der Waals surface area contributed by atoms with Crippen LogP contribution in [0.4, 0.5) is 11.4 Å². The maximum atomic E-state index is 12.6. The Bertz CT molecular complexity index is 860. The van der Waals surface area contributed by atoms with Crippen molar-refractivity contribution in [1.29, 1.82) is 0 Å². The molecule has 0 saturated carbocycles. The van der Waals surface area contributed by atoms with Crippen LogP contribution in [0.3, 0.4) is 0 Å². The standard InChI is InChI=1S/C23H27N3O2.ClH/c1-15-7-8-17(23(28)25-18-5-3-2-4-6-18)14-21(15)26-22(27)13-16-11-19-9-10-20(12-16)24-19;/h2-8,14,16,19-20,24H,9-13H2,1H3,(H,25,28)(H,26,27);1H. The summed E-state index contributed by atoms with van der Waals surface area (Å²) in [6, 6.07) is 16.0. The van der Waals surface area contributed by atoms with Gasteiger partial charge in [-0.3, -0.25) is 9.59 Å². The highest BCUT2D eigenvalue weighted by molar-refractivity contribution is 6.05. The molecule has 6 heteroatoms. The molecular weight excluding hydrogens is 386 g/mol. The molecular formula is C23H28ClN3O2. The molecule has 154 valence electrons. The maximum Gasteiger partial charge on any atom is 0.255 e. The van der Waals surface area contributed by atoms with Gasteiger partial charge in [-0.25, -0.2) is 0 Å². The van der Waals surface area contributed by atoms with Gasteiger partial charge in [0.1, 0.15) is 0 Å². The molecule has 2 aromatic carbocycles. The van der Waals surface area contributed by atoms with Gasteiger partial charge < -0.3 is 16.0 Å². The first-order valence-corrected chi connectivity index (χ1v) is 10.1. The van der Waals surface area contributed by atoms with Crippen LogP contribution < -0.4 is 16.0 Å². The number of amides is 2. The van der Waals surface area contributed by atoms with Gasteiger partial charge in [0.15, 0.2) is 0 Å². The predicted molar refractivity (Wildman–Crippen MR) is 119 cm³/mol. The van der Waals surface area contributed by atoms with Gasteiger partial charge in [0, 0.05) is 35.4 Å². The molecule has 0 radical (unpaired) electrons. The summed E-state index contributed by atoms with van der Waals surface area (Å²) in [7, 11) is 0. The molecule has 3 N–H and O–H groups in total. The normalized spacial score (nSPS) is 22.4. The number of hydrogen-bond donors (Lipinski definition) is 3. The highest BCUT2D eigenvalue weighted by Crippen LogP contribution is 2.33. The Balaban J connectivity index is 0.00000240. The van der Waals surface area contributed by atoms with E-state index in [2.05, 4.69) is 16.0 Å². The van der Waals surface area contributed by atoms with E-state index >= 15 is 0 Å². The average molecular weight is 414 g/mol. The van der Waals surface area contributed by atoms with E-state index in [1.165, 1.54) is 12.8 Å². The van der Waals surface area contributed by atoms with Crippen molar-refractivity contribution in [3.8, 4) is 0 Å². The SMILES string of the molecule is Cc1ccc(C(=O)Nc2ccccc2)cc1NC(=O)CC1CC2CCC(C1)N2.Cl. The highest BCUT2D eigenvalue weighted by Gasteiger charge is 2.34. The fourth-order valence-electron chi connectivity index (χ4n) is 4.43. The van der Waals surface area contributed by atoms with E-state index in [-0.39, 0.29) is 24.2 Å². The number of anilines is 2. The van der Waals surface area contributed by atoms with Gasteiger partial charge in [-0.05, 0) is 68.4 Å². The smallest absolute Gasteiger partial charge is 0.255 e. The Morgan fingerprint density at radius 3 is 2.38 bits per heavy atom. The summed E-state index contributed by atoms with van der Waals surface area (Å²) in [6.45, 7) is 1.94. The molecule has 0 spiro atoms. The second-order valence-corrected chi connectivity index (χ2v) is 8.08. The molecule has 0 aromatic heterocycles. The van der Waals surface area contributed by atoms with Crippen molar-refractivity contribution in [2.75, 3.05) is 10.6 Å². The molecule has 2 aliphatic heterocycles. The molecule has 2 aromatic rings. The Morgan fingerprint density at radius 2 is 1.69 bits per heavy atom. The highest BCUT2D eigenvalue weighted by atomic mass is 35.5. The quantitative estimate of drug-likeness (QED) is 0.674. The number of halogens is 1. The second kappa shape index (κ2) is 9.42. The number of piperidine rings is 1. The summed E-state index contributed by atoms with van der Waals surface area (Å²) in [5, 5.41) is 9.53. The van der Waals surface area contributed by atoms with Crippen LogP contribution in [-0.2, 0) is 4.79 Å². The lowest BCUT2D eigenvalue weighted by Crippen LogP contribution is -2.39. The number of fused-ring (bicyclic) bond motifs is 2. The van der Waals surface area contributed by atoms with E-state index in [0.717, 1.165) is 24.1 Å². The van der Waals surface area contributed by atoms with Crippen LogP contribution in [0.15, 0.2) is 48.5 Å². The summed E-state index contributed by atoms with van der Waals surface area (Å²) in [5.74, 6) is 0.301. The van der Waals surface area contributed by atoms with Crippen LogP contribution in [0.25, 0.3) is 0 Å². The lowest BCUT2D eigenvalue weighted by molar-refractivity contribution is -0.117. The first-order valence-electron chi connectivity index (χ1n) is 10.1. The van der Waals surface area contributed by atoms with Crippen LogP contribution in [0.1, 0.15) is 48.0 Å². The van der Waals surface area contributed by atoms with Crippen molar-refractivity contribution in [2.45, 2.75) is 51.1 Å². The van der Waals surface area contributed by atoms with E-state index in [4.69, 9.17) is 0 Å². The first kappa shape index (κ1) is 21.3. The lowest BCUT2D eigenvalue weighted by Gasteiger charge is -2.28. The Hall–Kier alpha value is -2.37. The van der Waals surface area contributed by atoms with Gasteiger partial charge in [-0.2, -0.15) is 0 Å². The molecule has 2 amide bonds. The molecule has 29 heavy (non-hydrogen) atoms. The summed E-state index contributed by atoms with van der Waals surface area (Å²) in [6.07, 6.45) is 5.19. The fourth-order valence-corrected chi connectivity index (χ4v) is 4.43. The zero-order valence-corrected chi connectivity index (χ0v) is 17.4. The summed E-state index contributed by atoms with van der Waals surface area (Å²) < 4.78 is 0. The lowest BCUT2D eigenvalue weighted by atomic mass is 9.89. The van der Waals surface area contributed by atoms with Crippen molar-refractivity contribution in [3.63, 3.8) is 0 Å². The first-order chi connectivity index (χ1) is 13.6. The van der Waals surface area contributed by atoms with Crippen molar-refractivity contribution in [2.24, 2.45) is 5.92 Å². The van der Waals surface area contributed by atoms with E-state index in [1.807, 2.05) is 43.3 Å². The van der Waals surface area contributed by atoms with Gasteiger partial charge in [-0.1, -0.05) is 24.3 Å². The number of aryl methyl sites for hydroxylation is 1. The number of para-hydroxylation sites is 1. The molecule has 2 aliphatic rings. The Kier molecular flexibility index (Phi) is 6.93. The number of nitrogens with one attached hydrogen (secondary N) is 3. The van der Waals surface area contributed by atoms with Crippen LogP contribution in [0.2, 0.25) is 0 Å². The van der Waals surface area contributed by atoms with E-state index in [1.54, 1.807) is 12.1 Å². The average Bonchev–Trinajstić information content (AvgIpc) is 3.02. The second-order valence-electron chi connectivity index (χ2n) is 8.08. The Labute approximate surface area is 178 Å². The number of hydrogen-bond acceptors (Lipinski definition) is 3. The molecule has 2 heterocycles.